The Hall–Kier alpha value is -0.640. The molecule has 1 N–H and O–H groups in total. The van der Waals surface area contributed by atoms with Gasteiger partial charge in [-0.25, -0.2) is 0 Å². The smallest absolute Gasteiger partial charge is 0.106 e. The highest BCUT2D eigenvalue weighted by Gasteiger charge is 2.18. The third-order valence-electron chi connectivity index (χ3n) is 2.75. The maximum absolute atomic E-state index is 10.4. The van der Waals surface area contributed by atoms with E-state index in [-0.39, 0.29) is 0 Å². The molecule has 2 aromatic rings. The van der Waals surface area contributed by atoms with Gasteiger partial charge in [-0.3, -0.25) is 0 Å². The molecule has 0 atom stereocenters. The molecule has 0 spiro atoms. The normalized spacial score (nSPS) is 11.4. The lowest BCUT2D eigenvalue weighted by molar-refractivity contribution is 0.220. The first kappa shape index (κ1) is 11.8. The second-order valence-corrected chi connectivity index (χ2v) is 7.06. The molecule has 0 bridgehead atoms. The van der Waals surface area contributed by atoms with E-state index in [1.54, 1.807) is 22.7 Å². The molecule has 0 aromatic carbocycles. The molecule has 16 heavy (non-hydrogen) atoms. The maximum Gasteiger partial charge on any atom is 0.106 e. The van der Waals surface area contributed by atoms with Gasteiger partial charge >= 0.3 is 0 Å². The van der Waals surface area contributed by atoms with Gasteiger partial charge in [0.2, 0.25) is 0 Å². The maximum atomic E-state index is 10.4. The van der Waals surface area contributed by atoms with Crippen LogP contribution >= 0.6 is 22.7 Å². The van der Waals surface area contributed by atoms with Crippen molar-refractivity contribution in [2.75, 3.05) is 0 Å². The van der Waals surface area contributed by atoms with Crippen molar-refractivity contribution < 1.29 is 5.11 Å². The predicted molar refractivity (Wildman–Crippen MR) is 71.6 cm³/mol. The first-order valence-corrected chi connectivity index (χ1v) is 6.94. The topological polar surface area (TPSA) is 20.2 Å². The minimum Gasteiger partial charge on any atom is -0.384 e. The van der Waals surface area contributed by atoms with Crippen LogP contribution in [0, 0.1) is 27.7 Å². The summed E-state index contributed by atoms with van der Waals surface area (Å²) in [5.74, 6) is 0. The molecule has 2 rings (SSSR count). The number of hydrogen-bond donors (Lipinski definition) is 1. The molecule has 0 fully saturated rings. The fourth-order valence-electron chi connectivity index (χ4n) is 2.01. The van der Waals surface area contributed by atoms with Crippen LogP contribution < -0.4 is 0 Å². The molecule has 0 aliphatic heterocycles. The molecule has 2 heterocycles. The van der Waals surface area contributed by atoms with Gasteiger partial charge in [0.25, 0.3) is 0 Å². The summed E-state index contributed by atoms with van der Waals surface area (Å²) < 4.78 is 0. The summed E-state index contributed by atoms with van der Waals surface area (Å²) in [4.78, 5) is 4.95. The van der Waals surface area contributed by atoms with E-state index in [1.807, 2.05) is 0 Å². The Labute approximate surface area is 104 Å². The molecule has 0 saturated heterocycles. The lowest BCUT2D eigenvalue weighted by Crippen LogP contribution is -1.99. The van der Waals surface area contributed by atoms with E-state index in [0.717, 1.165) is 11.1 Å². The quantitative estimate of drug-likeness (QED) is 0.852. The van der Waals surface area contributed by atoms with Crippen LogP contribution in [0.1, 0.15) is 36.7 Å². The van der Waals surface area contributed by atoms with E-state index in [9.17, 15) is 5.11 Å². The number of aliphatic hydroxyl groups excluding tert-OH is 1. The van der Waals surface area contributed by atoms with Crippen molar-refractivity contribution in [1.82, 2.24) is 0 Å². The van der Waals surface area contributed by atoms with Gasteiger partial charge < -0.3 is 5.11 Å². The second-order valence-electron chi connectivity index (χ2n) is 4.14. The fourth-order valence-corrected chi connectivity index (χ4v) is 3.93. The molecule has 1 nitrogen and oxygen atoms in total. The van der Waals surface area contributed by atoms with Crippen LogP contribution in [0.5, 0.6) is 0 Å². The first-order valence-electron chi connectivity index (χ1n) is 5.31. The zero-order valence-electron chi connectivity index (χ0n) is 10.00. The largest absolute Gasteiger partial charge is 0.384 e. The van der Waals surface area contributed by atoms with Gasteiger partial charge in [-0.15, -0.1) is 22.7 Å². The molecular formula is C13H16OS2. The molecule has 0 aliphatic rings. The zero-order valence-corrected chi connectivity index (χ0v) is 11.6. The van der Waals surface area contributed by atoms with Crippen LogP contribution in [-0.4, -0.2) is 5.11 Å². The van der Waals surface area contributed by atoms with Crippen LogP contribution in [0.4, 0.5) is 0 Å². The molecule has 2 aromatic heterocycles. The monoisotopic (exact) mass is 252 g/mol. The summed E-state index contributed by atoms with van der Waals surface area (Å²) in [6.45, 7) is 8.31. The van der Waals surface area contributed by atoms with Crippen LogP contribution in [0.25, 0.3) is 0 Å². The Morgan fingerprint density at radius 3 is 1.50 bits per heavy atom. The Kier molecular flexibility index (Phi) is 3.19. The SMILES string of the molecule is Cc1cc(C(O)c2cc(C)sc2C)c(C)s1. The summed E-state index contributed by atoms with van der Waals surface area (Å²) in [7, 11) is 0. The van der Waals surface area contributed by atoms with E-state index in [2.05, 4.69) is 39.8 Å². The second kappa shape index (κ2) is 4.32. The number of aryl methyl sites for hydroxylation is 4. The van der Waals surface area contributed by atoms with Gasteiger partial charge in [-0.1, -0.05) is 0 Å². The molecule has 0 unspecified atom stereocenters. The van der Waals surface area contributed by atoms with Crippen molar-refractivity contribution in [1.29, 1.82) is 0 Å². The van der Waals surface area contributed by atoms with Gasteiger partial charge in [0.15, 0.2) is 0 Å². The van der Waals surface area contributed by atoms with E-state index >= 15 is 0 Å². The third kappa shape index (κ3) is 2.08. The van der Waals surface area contributed by atoms with E-state index in [4.69, 9.17) is 0 Å². The molecule has 0 amide bonds. The summed E-state index contributed by atoms with van der Waals surface area (Å²) in [5.41, 5.74) is 2.12. The standard InChI is InChI=1S/C13H16OS2/c1-7-5-11(9(3)15-7)13(14)12-6-8(2)16-10(12)4/h5-6,13-14H,1-4H3. The zero-order chi connectivity index (χ0) is 11.9. The van der Waals surface area contributed by atoms with Crippen molar-refractivity contribution in [3.63, 3.8) is 0 Å². The van der Waals surface area contributed by atoms with Gasteiger partial charge in [0.1, 0.15) is 6.10 Å². The Balaban J connectivity index is 2.42. The van der Waals surface area contributed by atoms with Crippen LogP contribution in [0.3, 0.4) is 0 Å². The first-order chi connectivity index (χ1) is 7.49. The fraction of sp³-hybridized carbons (Fsp3) is 0.385. The van der Waals surface area contributed by atoms with Crippen LogP contribution in [-0.2, 0) is 0 Å². The Morgan fingerprint density at radius 1 is 0.875 bits per heavy atom. The summed E-state index contributed by atoms with van der Waals surface area (Å²) in [5, 5.41) is 10.4. The highest BCUT2D eigenvalue weighted by Crippen LogP contribution is 2.34. The van der Waals surface area contributed by atoms with Crippen LogP contribution in [0.2, 0.25) is 0 Å². The van der Waals surface area contributed by atoms with Crippen molar-refractivity contribution in [3.05, 3.63) is 42.8 Å². The number of hydrogen-bond acceptors (Lipinski definition) is 3. The third-order valence-corrected chi connectivity index (χ3v) is 4.71. The van der Waals surface area contributed by atoms with Gasteiger partial charge in [0.05, 0.1) is 0 Å². The molecule has 0 radical (unpaired) electrons. The minimum atomic E-state index is -0.463. The minimum absolute atomic E-state index is 0.463. The van der Waals surface area contributed by atoms with Crippen molar-refractivity contribution in [2.45, 2.75) is 33.8 Å². The number of thiophene rings is 2. The van der Waals surface area contributed by atoms with Gasteiger partial charge in [0, 0.05) is 19.5 Å². The summed E-state index contributed by atoms with van der Waals surface area (Å²) in [6, 6.07) is 4.19. The predicted octanol–water partition coefficient (Wildman–Crippen LogP) is 4.12. The molecule has 86 valence electrons. The lowest BCUT2D eigenvalue weighted by atomic mass is 10.0. The highest BCUT2D eigenvalue weighted by atomic mass is 32.1. The van der Waals surface area contributed by atoms with Crippen molar-refractivity contribution in [2.24, 2.45) is 0 Å². The van der Waals surface area contributed by atoms with E-state index < -0.39 is 6.10 Å². The van der Waals surface area contributed by atoms with Crippen molar-refractivity contribution >= 4 is 22.7 Å². The van der Waals surface area contributed by atoms with Gasteiger partial charge in [-0.2, -0.15) is 0 Å². The van der Waals surface area contributed by atoms with Crippen molar-refractivity contribution in [3.8, 4) is 0 Å². The molecule has 0 aliphatic carbocycles. The summed E-state index contributed by atoms with van der Waals surface area (Å²) in [6.07, 6.45) is -0.463. The highest BCUT2D eigenvalue weighted by molar-refractivity contribution is 7.12. The summed E-state index contributed by atoms with van der Waals surface area (Å²) >= 11 is 3.50. The average molecular weight is 252 g/mol. The van der Waals surface area contributed by atoms with E-state index in [0.29, 0.717) is 0 Å². The Morgan fingerprint density at radius 2 is 1.25 bits per heavy atom. The van der Waals surface area contributed by atoms with Crippen LogP contribution in [0.15, 0.2) is 12.1 Å². The lowest BCUT2D eigenvalue weighted by Gasteiger charge is -2.09. The Bertz CT molecular complexity index is 462. The average Bonchev–Trinajstić information content (AvgIpc) is 2.68. The molecular weight excluding hydrogens is 236 g/mol. The van der Waals surface area contributed by atoms with E-state index in [1.165, 1.54) is 19.5 Å². The molecule has 0 saturated carbocycles. The number of rotatable bonds is 2. The number of aliphatic hydroxyl groups is 1. The van der Waals surface area contributed by atoms with Gasteiger partial charge in [-0.05, 0) is 51.0 Å². The molecule has 3 heteroatoms.